The van der Waals surface area contributed by atoms with Crippen LogP contribution in [0.3, 0.4) is 0 Å². The molecule has 9 heteroatoms. The van der Waals surface area contributed by atoms with Crippen molar-refractivity contribution in [3.8, 4) is 0 Å². The molecule has 0 unspecified atom stereocenters. The molecule has 1 saturated heterocycles. The first kappa shape index (κ1) is 20.4. The predicted octanol–water partition coefficient (Wildman–Crippen LogP) is 5.07. The quantitative estimate of drug-likeness (QED) is 0.711. The summed E-state index contributed by atoms with van der Waals surface area (Å²) in [5, 5.41) is 3.47. The SMILES string of the molecule is O=C(Nc1cc(Cl)ccc1Cl)c1cc(S(=O)(=O)N2CCCCC2)ccc1Cl. The minimum atomic E-state index is -3.68. The molecular weight excluding hydrogens is 431 g/mol. The number of benzene rings is 2. The van der Waals surface area contributed by atoms with Gasteiger partial charge in [-0.25, -0.2) is 8.42 Å². The van der Waals surface area contributed by atoms with Crippen LogP contribution in [0.2, 0.25) is 15.1 Å². The van der Waals surface area contributed by atoms with E-state index in [-0.39, 0.29) is 15.5 Å². The van der Waals surface area contributed by atoms with Crippen LogP contribution < -0.4 is 5.32 Å². The second-order valence-corrected chi connectivity index (χ2v) is 9.37. The second kappa shape index (κ2) is 8.37. The molecule has 27 heavy (non-hydrogen) atoms. The summed E-state index contributed by atoms with van der Waals surface area (Å²) < 4.78 is 27.1. The Balaban J connectivity index is 1.91. The van der Waals surface area contributed by atoms with E-state index in [1.54, 1.807) is 12.1 Å². The summed E-state index contributed by atoms with van der Waals surface area (Å²) >= 11 is 18.1. The van der Waals surface area contributed by atoms with Crippen molar-refractivity contribution in [2.24, 2.45) is 0 Å². The molecule has 5 nitrogen and oxygen atoms in total. The van der Waals surface area contributed by atoms with Gasteiger partial charge in [0.2, 0.25) is 10.0 Å². The number of carbonyl (C=O) groups is 1. The van der Waals surface area contributed by atoms with E-state index in [1.165, 1.54) is 28.6 Å². The summed E-state index contributed by atoms with van der Waals surface area (Å²) in [5.74, 6) is -0.570. The van der Waals surface area contributed by atoms with Crippen LogP contribution in [0.15, 0.2) is 41.3 Å². The second-order valence-electron chi connectivity index (χ2n) is 6.18. The van der Waals surface area contributed by atoms with E-state index in [1.807, 2.05) is 0 Å². The van der Waals surface area contributed by atoms with E-state index in [9.17, 15) is 13.2 Å². The fraction of sp³-hybridized carbons (Fsp3) is 0.278. The van der Waals surface area contributed by atoms with Gasteiger partial charge in [0.25, 0.3) is 5.91 Å². The minimum Gasteiger partial charge on any atom is -0.321 e. The lowest BCUT2D eigenvalue weighted by Crippen LogP contribution is -2.35. The van der Waals surface area contributed by atoms with Gasteiger partial charge >= 0.3 is 0 Å². The third kappa shape index (κ3) is 4.58. The van der Waals surface area contributed by atoms with Gasteiger partial charge in [-0.1, -0.05) is 41.2 Å². The largest absolute Gasteiger partial charge is 0.321 e. The molecule has 1 heterocycles. The van der Waals surface area contributed by atoms with Crippen molar-refractivity contribution in [1.82, 2.24) is 4.31 Å². The number of hydrogen-bond donors (Lipinski definition) is 1. The Morgan fingerprint density at radius 3 is 2.30 bits per heavy atom. The molecule has 1 fully saturated rings. The molecule has 0 saturated carbocycles. The molecule has 1 amide bonds. The average molecular weight is 448 g/mol. The van der Waals surface area contributed by atoms with Gasteiger partial charge in [0.15, 0.2) is 0 Å². The third-order valence-corrected chi connectivity index (χ3v) is 7.10. The molecule has 2 aromatic carbocycles. The van der Waals surface area contributed by atoms with Gasteiger partial charge in [-0.2, -0.15) is 4.31 Å². The highest BCUT2D eigenvalue weighted by molar-refractivity contribution is 7.89. The fourth-order valence-corrected chi connectivity index (χ4v) is 4.96. The Kier molecular flexibility index (Phi) is 6.33. The fourth-order valence-electron chi connectivity index (χ4n) is 2.88. The van der Waals surface area contributed by atoms with Crippen molar-refractivity contribution < 1.29 is 13.2 Å². The molecule has 1 N–H and O–H groups in total. The number of halogens is 3. The molecule has 0 spiro atoms. The topological polar surface area (TPSA) is 66.5 Å². The van der Waals surface area contributed by atoms with Gasteiger partial charge in [0.05, 0.1) is 26.2 Å². The Hall–Kier alpha value is -1.31. The molecule has 1 aliphatic heterocycles. The normalized spacial score (nSPS) is 15.5. The number of amides is 1. The maximum Gasteiger partial charge on any atom is 0.257 e. The lowest BCUT2D eigenvalue weighted by Gasteiger charge is -2.26. The molecule has 0 aliphatic carbocycles. The number of rotatable bonds is 4. The molecule has 0 aromatic heterocycles. The first-order valence-corrected chi connectivity index (χ1v) is 10.9. The maximum atomic E-state index is 12.8. The highest BCUT2D eigenvalue weighted by atomic mass is 35.5. The molecule has 3 rings (SSSR count). The third-order valence-electron chi connectivity index (χ3n) is 4.31. The molecule has 0 radical (unpaired) electrons. The van der Waals surface area contributed by atoms with Crippen LogP contribution in [0.25, 0.3) is 0 Å². The molecule has 1 aliphatic rings. The van der Waals surface area contributed by atoms with Crippen LogP contribution in [0, 0.1) is 0 Å². The van der Waals surface area contributed by atoms with Gasteiger partial charge in [-0.05, 0) is 49.2 Å². The maximum absolute atomic E-state index is 12.8. The molecule has 2 aromatic rings. The average Bonchev–Trinajstić information content (AvgIpc) is 2.65. The Labute approximate surface area is 173 Å². The van der Waals surface area contributed by atoms with Crippen LogP contribution in [0.1, 0.15) is 29.6 Å². The first-order valence-electron chi connectivity index (χ1n) is 8.35. The predicted molar refractivity (Wildman–Crippen MR) is 108 cm³/mol. The number of nitrogens with zero attached hydrogens (tertiary/aromatic N) is 1. The Bertz CT molecular complexity index is 974. The van der Waals surface area contributed by atoms with Crippen molar-refractivity contribution in [2.75, 3.05) is 18.4 Å². The van der Waals surface area contributed by atoms with E-state index in [0.29, 0.717) is 28.8 Å². The van der Waals surface area contributed by atoms with Crippen LogP contribution in [0.4, 0.5) is 5.69 Å². The van der Waals surface area contributed by atoms with Crippen LogP contribution in [-0.4, -0.2) is 31.7 Å². The number of carbonyl (C=O) groups excluding carboxylic acids is 1. The monoisotopic (exact) mass is 446 g/mol. The first-order chi connectivity index (χ1) is 12.8. The lowest BCUT2D eigenvalue weighted by atomic mass is 10.2. The van der Waals surface area contributed by atoms with Crippen LogP contribution in [0.5, 0.6) is 0 Å². The highest BCUT2D eigenvalue weighted by Crippen LogP contribution is 2.28. The summed E-state index contributed by atoms with van der Waals surface area (Å²) in [5.41, 5.74) is 0.361. The van der Waals surface area contributed by atoms with Gasteiger partial charge in [0, 0.05) is 18.1 Å². The van der Waals surface area contributed by atoms with Gasteiger partial charge in [-0.3, -0.25) is 4.79 Å². The smallest absolute Gasteiger partial charge is 0.257 e. The van der Waals surface area contributed by atoms with Crippen molar-refractivity contribution in [3.63, 3.8) is 0 Å². The zero-order chi connectivity index (χ0) is 19.6. The lowest BCUT2D eigenvalue weighted by molar-refractivity contribution is 0.102. The molecule has 144 valence electrons. The minimum absolute atomic E-state index is 0.0381. The van der Waals surface area contributed by atoms with E-state index in [2.05, 4.69) is 5.32 Å². The molecule has 0 atom stereocenters. The van der Waals surface area contributed by atoms with Crippen molar-refractivity contribution in [3.05, 3.63) is 57.0 Å². The van der Waals surface area contributed by atoms with Crippen molar-refractivity contribution >= 4 is 56.4 Å². The number of hydrogen-bond acceptors (Lipinski definition) is 3. The number of sulfonamides is 1. The summed E-state index contributed by atoms with van der Waals surface area (Å²) in [6.45, 7) is 0.954. The van der Waals surface area contributed by atoms with Gasteiger partial charge in [0.1, 0.15) is 0 Å². The van der Waals surface area contributed by atoms with Crippen LogP contribution in [-0.2, 0) is 10.0 Å². The van der Waals surface area contributed by atoms with Crippen molar-refractivity contribution in [2.45, 2.75) is 24.2 Å². The van der Waals surface area contributed by atoms with Gasteiger partial charge in [-0.15, -0.1) is 0 Å². The highest BCUT2D eigenvalue weighted by Gasteiger charge is 2.27. The van der Waals surface area contributed by atoms with E-state index >= 15 is 0 Å². The Morgan fingerprint density at radius 2 is 1.59 bits per heavy atom. The molecule has 0 bridgehead atoms. The van der Waals surface area contributed by atoms with Gasteiger partial charge < -0.3 is 5.32 Å². The van der Waals surface area contributed by atoms with Crippen molar-refractivity contribution in [1.29, 1.82) is 0 Å². The van der Waals surface area contributed by atoms with E-state index in [4.69, 9.17) is 34.8 Å². The van der Waals surface area contributed by atoms with E-state index in [0.717, 1.165) is 19.3 Å². The zero-order valence-electron chi connectivity index (χ0n) is 14.2. The zero-order valence-corrected chi connectivity index (χ0v) is 17.3. The Morgan fingerprint density at radius 1 is 0.926 bits per heavy atom. The summed E-state index contributed by atoms with van der Waals surface area (Å²) in [6.07, 6.45) is 2.67. The number of piperidine rings is 1. The van der Waals surface area contributed by atoms with Crippen LogP contribution >= 0.6 is 34.8 Å². The number of nitrogens with one attached hydrogen (secondary N) is 1. The van der Waals surface area contributed by atoms with E-state index < -0.39 is 15.9 Å². The number of anilines is 1. The standard InChI is InChI=1S/C18H17Cl3N2O3S/c19-12-4-6-16(21)17(10-12)22-18(24)14-11-13(5-7-15(14)20)27(25,26)23-8-2-1-3-9-23/h4-7,10-11H,1-3,8-9H2,(H,22,24). The molecular formula is C18H17Cl3N2O3S. The summed E-state index contributed by atoms with van der Waals surface area (Å²) in [6, 6.07) is 8.77. The summed E-state index contributed by atoms with van der Waals surface area (Å²) in [4.78, 5) is 12.7. The summed E-state index contributed by atoms with van der Waals surface area (Å²) in [7, 11) is -3.68.